The SMILES string of the molecule is O=C1c2ccccc2C(=O)N1C(Cc1ccccc1)C([O-])=Nc1nn[nH]n1. The Bertz CT molecular complexity index is 982. The van der Waals surface area contributed by atoms with Gasteiger partial charge in [-0.05, 0) is 35.2 Å². The number of aliphatic imine (C=N–C) groups is 1. The lowest BCUT2D eigenvalue weighted by Gasteiger charge is -2.30. The van der Waals surface area contributed by atoms with E-state index in [1.807, 2.05) is 30.3 Å². The molecule has 27 heavy (non-hydrogen) atoms. The molecule has 4 rings (SSSR count). The second-order valence-electron chi connectivity index (χ2n) is 5.89. The molecule has 1 aliphatic heterocycles. The highest BCUT2D eigenvalue weighted by molar-refractivity contribution is 6.22. The molecule has 1 aromatic heterocycles. The van der Waals surface area contributed by atoms with Crippen LogP contribution in [0, 0.1) is 0 Å². The molecule has 1 N–H and O–H groups in total. The highest BCUT2D eigenvalue weighted by Gasteiger charge is 2.40. The summed E-state index contributed by atoms with van der Waals surface area (Å²) in [5, 5.41) is 25.6. The number of fused-ring (bicyclic) bond motifs is 1. The zero-order valence-corrected chi connectivity index (χ0v) is 13.9. The minimum absolute atomic E-state index is 0.131. The number of imide groups is 1. The minimum Gasteiger partial charge on any atom is -0.860 e. The molecule has 0 saturated heterocycles. The lowest BCUT2D eigenvalue weighted by Crippen LogP contribution is -2.50. The van der Waals surface area contributed by atoms with Crippen molar-refractivity contribution in [3.8, 4) is 0 Å². The van der Waals surface area contributed by atoms with Crippen molar-refractivity contribution >= 4 is 23.7 Å². The topological polar surface area (TPSA) is 127 Å². The number of aromatic nitrogens is 4. The van der Waals surface area contributed by atoms with Crippen LogP contribution in [0.15, 0.2) is 59.6 Å². The van der Waals surface area contributed by atoms with E-state index in [9.17, 15) is 14.7 Å². The van der Waals surface area contributed by atoms with Gasteiger partial charge in [-0.1, -0.05) is 47.6 Å². The van der Waals surface area contributed by atoms with Gasteiger partial charge in [-0.25, -0.2) is 4.99 Å². The van der Waals surface area contributed by atoms with Gasteiger partial charge in [-0.2, -0.15) is 5.21 Å². The van der Waals surface area contributed by atoms with Crippen LogP contribution < -0.4 is 5.11 Å². The maximum absolute atomic E-state index is 12.8. The number of nitrogens with one attached hydrogen (secondary N) is 1. The zero-order valence-electron chi connectivity index (χ0n) is 13.9. The summed E-state index contributed by atoms with van der Waals surface area (Å²) in [7, 11) is 0. The Kier molecular flexibility index (Phi) is 4.17. The number of amides is 2. The second kappa shape index (κ2) is 6.79. The standard InChI is InChI=1S/C18H14N6O3/c25-15(19-18-20-22-23-21-18)14(10-11-6-2-1-3-7-11)24-16(26)12-8-4-5-9-13(12)17(24)27/h1-9,14H,10H2,(H2,19,20,21,22,23,25)/p-1. The minimum atomic E-state index is -1.11. The van der Waals surface area contributed by atoms with E-state index < -0.39 is 23.8 Å². The first-order valence-corrected chi connectivity index (χ1v) is 8.15. The number of H-pyrrole nitrogens is 1. The average molecular weight is 361 g/mol. The van der Waals surface area contributed by atoms with Crippen LogP contribution in [0.1, 0.15) is 26.3 Å². The summed E-state index contributed by atoms with van der Waals surface area (Å²) in [5.74, 6) is -1.90. The molecule has 0 radical (unpaired) electrons. The van der Waals surface area contributed by atoms with E-state index in [-0.39, 0.29) is 23.5 Å². The van der Waals surface area contributed by atoms with Gasteiger partial charge in [-0.15, -0.1) is 5.10 Å². The number of hydrogen-bond donors (Lipinski definition) is 1. The third kappa shape index (κ3) is 3.06. The Morgan fingerprint density at radius 2 is 1.67 bits per heavy atom. The van der Waals surface area contributed by atoms with Crippen LogP contribution in [0.4, 0.5) is 5.95 Å². The molecule has 1 unspecified atom stereocenters. The van der Waals surface area contributed by atoms with Crippen LogP contribution in [0.25, 0.3) is 0 Å². The van der Waals surface area contributed by atoms with Gasteiger partial charge in [-0.3, -0.25) is 14.5 Å². The van der Waals surface area contributed by atoms with Gasteiger partial charge in [0.05, 0.1) is 17.2 Å². The summed E-state index contributed by atoms with van der Waals surface area (Å²) in [6, 6.07) is 14.5. The molecule has 2 aromatic carbocycles. The van der Waals surface area contributed by atoms with E-state index in [4.69, 9.17) is 0 Å². The molecule has 134 valence electrons. The van der Waals surface area contributed by atoms with Crippen LogP contribution in [0.2, 0.25) is 0 Å². The van der Waals surface area contributed by atoms with E-state index in [1.54, 1.807) is 24.3 Å². The van der Waals surface area contributed by atoms with Crippen molar-refractivity contribution in [1.29, 1.82) is 0 Å². The summed E-state index contributed by atoms with van der Waals surface area (Å²) in [4.78, 5) is 30.4. The van der Waals surface area contributed by atoms with Gasteiger partial charge in [0.15, 0.2) is 0 Å². The van der Waals surface area contributed by atoms with Crippen molar-refractivity contribution in [2.75, 3.05) is 0 Å². The van der Waals surface area contributed by atoms with Crippen molar-refractivity contribution in [2.24, 2.45) is 4.99 Å². The first-order chi connectivity index (χ1) is 13.1. The normalized spacial score (nSPS) is 15.1. The van der Waals surface area contributed by atoms with Gasteiger partial charge in [0.1, 0.15) is 0 Å². The van der Waals surface area contributed by atoms with Crippen molar-refractivity contribution in [3.05, 3.63) is 71.3 Å². The number of aromatic amines is 1. The Hall–Kier alpha value is -3.88. The zero-order chi connectivity index (χ0) is 18.8. The molecule has 3 aromatic rings. The lowest BCUT2D eigenvalue weighted by molar-refractivity contribution is -0.223. The molecule has 0 spiro atoms. The quantitative estimate of drug-likeness (QED) is 0.400. The van der Waals surface area contributed by atoms with Gasteiger partial charge in [0.2, 0.25) is 0 Å². The number of hydrogen-bond acceptors (Lipinski definition) is 7. The summed E-state index contributed by atoms with van der Waals surface area (Å²) >= 11 is 0. The summed E-state index contributed by atoms with van der Waals surface area (Å²) in [6.45, 7) is 0. The van der Waals surface area contributed by atoms with E-state index in [2.05, 4.69) is 25.6 Å². The Morgan fingerprint density at radius 1 is 1.04 bits per heavy atom. The highest BCUT2D eigenvalue weighted by atomic mass is 16.3. The van der Waals surface area contributed by atoms with Crippen LogP contribution >= 0.6 is 0 Å². The Morgan fingerprint density at radius 3 is 2.26 bits per heavy atom. The fourth-order valence-corrected chi connectivity index (χ4v) is 2.99. The van der Waals surface area contributed by atoms with Gasteiger partial charge in [0, 0.05) is 0 Å². The lowest BCUT2D eigenvalue weighted by atomic mass is 10.0. The molecule has 1 aliphatic rings. The van der Waals surface area contributed by atoms with E-state index in [1.165, 1.54) is 0 Å². The number of rotatable bonds is 5. The molecular formula is C18H13N6O3-. The third-order valence-electron chi connectivity index (χ3n) is 4.24. The van der Waals surface area contributed by atoms with Gasteiger partial charge in [0.25, 0.3) is 17.8 Å². The van der Waals surface area contributed by atoms with E-state index >= 15 is 0 Å². The van der Waals surface area contributed by atoms with Crippen molar-refractivity contribution < 1.29 is 14.7 Å². The fourth-order valence-electron chi connectivity index (χ4n) is 2.99. The van der Waals surface area contributed by atoms with Crippen molar-refractivity contribution in [3.63, 3.8) is 0 Å². The maximum Gasteiger partial charge on any atom is 0.288 e. The predicted molar refractivity (Wildman–Crippen MR) is 92.1 cm³/mol. The van der Waals surface area contributed by atoms with E-state index in [0.29, 0.717) is 0 Å². The molecule has 2 amide bonds. The van der Waals surface area contributed by atoms with Gasteiger partial charge < -0.3 is 5.11 Å². The highest BCUT2D eigenvalue weighted by Crippen LogP contribution is 2.26. The fraction of sp³-hybridized carbons (Fsp3) is 0.111. The van der Waals surface area contributed by atoms with Crippen LogP contribution in [0.3, 0.4) is 0 Å². The van der Waals surface area contributed by atoms with Crippen LogP contribution in [0.5, 0.6) is 0 Å². The van der Waals surface area contributed by atoms with Crippen LogP contribution in [-0.2, 0) is 6.42 Å². The maximum atomic E-state index is 12.8. The van der Waals surface area contributed by atoms with E-state index in [0.717, 1.165) is 10.5 Å². The summed E-state index contributed by atoms with van der Waals surface area (Å²) in [6.07, 6.45) is 0.131. The Balaban J connectivity index is 1.74. The molecule has 0 saturated carbocycles. The molecule has 0 bridgehead atoms. The first-order valence-electron chi connectivity index (χ1n) is 8.15. The monoisotopic (exact) mass is 361 g/mol. The molecule has 2 heterocycles. The number of carbonyl (C=O) groups excluding carboxylic acids is 2. The van der Waals surface area contributed by atoms with Crippen molar-refractivity contribution in [2.45, 2.75) is 12.5 Å². The number of benzene rings is 2. The molecule has 0 aliphatic carbocycles. The summed E-state index contributed by atoms with van der Waals surface area (Å²) in [5.41, 5.74) is 1.33. The molecule has 1 atom stereocenters. The number of carbonyl (C=O) groups is 2. The molecule has 9 heteroatoms. The van der Waals surface area contributed by atoms with Gasteiger partial charge >= 0.3 is 0 Å². The predicted octanol–water partition coefficient (Wildman–Crippen LogP) is 0.497. The number of tetrazole rings is 1. The van der Waals surface area contributed by atoms with Crippen LogP contribution in [-0.4, -0.2) is 49.3 Å². The smallest absolute Gasteiger partial charge is 0.288 e. The molecule has 9 nitrogen and oxygen atoms in total. The number of nitrogens with zero attached hydrogens (tertiary/aromatic N) is 5. The first kappa shape index (κ1) is 16.6. The Labute approximate surface area is 153 Å². The largest absolute Gasteiger partial charge is 0.860 e. The average Bonchev–Trinajstić information content (AvgIpc) is 3.28. The second-order valence-corrected chi connectivity index (χ2v) is 5.89. The molecule has 0 fully saturated rings. The third-order valence-corrected chi connectivity index (χ3v) is 4.24. The molecular weight excluding hydrogens is 348 g/mol. The van der Waals surface area contributed by atoms with Crippen molar-refractivity contribution in [1.82, 2.24) is 25.5 Å². The summed E-state index contributed by atoms with van der Waals surface area (Å²) < 4.78 is 0.